The zero-order valence-electron chi connectivity index (χ0n) is 18.9. The predicted octanol–water partition coefficient (Wildman–Crippen LogP) is 3.22. The van der Waals surface area contributed by atoms with Gasteiger partial charge in [-0.15, -0.1) is 0 Å². The molecule has 1 atom stereocenters. The summed E-state index contributed by atoms with van der Waals surface area (Å²) >= 11 is 0. The SMILES string of the molecule is Cc1cc(COc2ccc(C(=O)NC(CC(=O)NO)c3nccn3C)cc2)c2ccccc2n1. The number of imidazole rings is 1. The molecule has 0 saturated carbocycles. The summed E-state index contributed by atoms with van der Waals surface area (Å²) in [5.74, 6) is 0.115. The Kier molecular flexibility index (Phi) is 6.84. The molecule has 2 aromatic carbocycles. The summed E-state index contributed by atoms with van der Waals surface area (Å²) in [7, 11) is 1.76. The molecule has 0 bridgehead atoms. The van der Waals surface area contributed by atoms with E-state index in [9.17, 15) is 9.59 Å². The van der Waals surface area contributed by atoms with Crippen molar-refractivity contribution in [2.75, 3.05) is 0 Å². The number of fused-ring (bicyclic) bond motifs is 1. The van der Waals surface area contributed by atoms with Crippen molar-refractivity contribution in [1.29, 1.82) is 0 Å². The lowest BCUT2D eigenvalue weighted by molar-refractivity contribution is -0.129. The molecule has 0 saturated heterocycles. The predicted molar refractivity (Wildman–Crippen MR) is 125 cm³/mol. The molecule has 0 spiro atoms. The van der Waals surface area contributed by atoms with Crippen molar-refractivity contribution in [2.45, 2.75) is 26.0 Å². The third-order valence-electron chi connectivity index (χ3n) is 5.43. The van der Waals surface area contributed by atoms with Crippen LogP contribution in [0.15, 0.2) is 67.0 Å². The first-order chi connectivity index (χ1) is 16.4. The number of rotatable bonds is 8. The summed E-state index contributed by atoms with van der Waals surface area (Å²) in [6.45, 7) is 2.32. The van der Waals surface area contributed by atoms with E-state index >= 15 is 0 Å². The number of hydrogen-bond donors (Lipinski definition) is 3. The van der Waals surface area contributed by atoms with Crippen LogP contribution >= 0.6 is 0 Å². The molecule has 2 amide bonds. The number of benzene rings is 2. The normalized spacial score (nSPS) is 11.7. The Morgan fingerprint density at radius 3 is 2.62 bits per heavy atom. The first-order valence-corrected chi connectivity index (χ1v) is 10.7. The molecule has 0 radical (unpaired) electrons. The number of amides is 2. The second-order valence-electron chi connectivity index (χ2n) is 7.91. The fourth-order valence-corrected chi connectivity index (χ4v) is 3.77. The molecule has 1 unspecified atom stereocenters. The van der Waals surface area contributed by atoms with E-state index in [1.54, 1.807) is 53.8 Å². The van der Waals surface area contributed by atoms with Crippen molar-refractivity contribution in [1.82, 2.24) is 25.3 Å². The number of hydroxylamine groups is 1. The molecule has 4 aromatic rings. The quantitative estimate of drug-likeness (QED) is 0.275. The lowest BCUT2D eigenvalue weighted by Gasteiger charge is -2.18. The van der Waals surface area contributed by atoms with Gasteiger partial charge >= 0.3 is 0 Å². The molecule has 0 fully saturated rings. The number of aryl methyl sites for hydroxylation is 2. The van der Waals surface area contributed by atoms with Crippen molar-refractivity contribution < 1.29 is 19.5 Å². The third-order valence-corrected chi connectivity index (χ3v) is 5.43. The van der Waals surface area contributed by atoms with Crippen LogP contribution in [0.25, 0.3) is 10.9 Å². The Balaban J connectivity index is 1.44. The van der Waals surface area contributed by atoms with Gasteiger partial charge in [-0.1, -0.05) is 18.2 Å². The average molecular weight is 460 g/mol. The van der Waals surface area contributed by atoms with E-state index in [1.165, 1.54) is 0 Å². The van der Waals surface area contributed by atoms with Gasteiger partial charge in [-0.3, -0.25) is 19.8 Å². The van der Waals surface area contributed by atoms with Gasteiger partial charge in [-0.05, 0) is 43.3 Å². The summed E-state index contributed by atoms with van der Waals surface area (Å²) < 4.78 is 7.66. The molecule has 0 aliphatic rings. The van der Waals surface area contributed by atoms with Gasteiger partial charge in [0.1, 0.15) is 18.2 Å². The van der Waals surface area contributed by atoms with Crippen molar-refractivity contribution in [3.63, 3.8) is 0 Å². The summed E-state index contributed by atoms with van der Waals surface area (Å²) in [4.78, 5) is 33.3. The maximum atomic E-state index is 12.8. The van der Waals surface area contributed by atoms with Gasteiger partial charge in [0.05, 0.1) is 18.0 Å². The van der Waals surface area contributed by atoms with Gasteiger partial charge in [0.15, 0.2) is 0 Å². The smallest absolute Gasteiger partial charge is 0.251 e. The van der Waals surface area contributed by atoms with Gasteiger partial charge in [-0.25, -0.2) is 10.5 Å². The Morgan fingerprint density at radius 2 is 1.91 bits per heavy atom. The molecular weight excluding hydrogens is 434 g/mol. The highest BCUT2D eigenvalue weighted by Crippen LogP contribution is 2.21. The lowest BCUT2D eigenvalue weighted by Crippen LogP contribution is -2.34. The topological polar surface area (TPSA) is 118 Å². The number of ether oxygens (including phenoxy) is 1. The van der Waals surface area contributed by atoms with Gasteiger partial charge in [-0.2, -0.15) is 0 Å². The minimum atomic E-state index is -0.709. The standard InChI is InChI=1S/C25H25N5O4/c1-16-13-18(20-5-3-4-6-21(20)27-16)15-34-19-9-7-17(8-10-19)25(32)28-22(14-23(31)29-33)24-26-11-12-30(24)2/h3-13,22,33H,14-15H2,1-2H3,(H,28,32)(H,29,31). The lowest BCUT2D eigenvalue weighted by atomic mass is 10.1. The number of pyridine rings is 1. The molecule has 2 aromatic heterocycles. The highest BCUT2D eigenvalue weighted by Gasteiger charge is 2.22. The number of para-hydroxylation sites is 1. The second kappa shape index (κ2) is 10.1. The number of aromatic nitrogens is 3. The van der Waals surface area contributed by atoms with Crippen LogP contribution in [0, 0.1) is 6.92 Å². The summed E-state index contributed by atoms with van der Waals surface area (Å²) in [6, 6.07) is 16.0. The van der Waals surface area contributed by atoms with Gasteiger partial charge < -0.3 is 14.6 Å². The maximum Gasteiger partial charge on any atom is 0.251 e. The zero-order valence-corrected chi connectivity index (χ0v) is 18.9. The zero-order chi connectivity index (χ0) is 24.1. The Morgan fingerprint density at radius 1 is 1.15 bits per heavy atom. The van der Waals surface area contributed by atoms with E-state index in [0.717, 1.165) is 22.2 Å². The largest absolute Gasteiger partial charge is 0.489 e. The number of nitrogens with zero attached hydrogens (tertiary/aromatic N) is 3. The van der Waals surface area contributed by atoms with Crippen LogP contribution in [0.3, 0.4) is 0 Å². The molecule has 0 aliphatic carbocycles. The monoisotopic (exact) mass is 459 g/mol. The first-order valence-electron chi connectivity index (χ1n) is 10.7. The summed E-state index contributed by atoms with van der Waals surface area (Å²) in [5.41, 5.74) is 4.87. The van der Waals surface area contributed by atoms with E-state index < -0.39 is 11.9 Å². The van der Waals surface area contributed by atoms with E-state index in [-0.39, 0.29) is 12.3 Å². The van der Waals surface area contributed by atoms with Crippen LogP contribution in [-0.4, -0.2) is 31.6 Å². The number of hydrogen-bond acceptors (Lipinski definition) is 6. The molecule has 174 valence electrons. The molecule has 0 aliphatic heterocycles. The van der Waals surface area contributed by atoms with E-state index in [2.05, 4.69) is 15.3 Å². The van der Waals surface area contributed by atoms with Crippen LogP contribution in [0.4, 0.5) is 0 Å². The van der Waals surface area contributed by atoms with Crippen LogP contribution in [0.5, 0.6) is 5.75 Å². The summed E-state index contributed by atoms with van der Waals surface area (Å²) in [5, 5.41) is 12.7. The van der Waals surface area contributed by atoms with Gasteiger partial charge in [0, 0.05) is 41.6 Å². The van der Waals surface area contributed by atoms with Crippen LogP contribution < -0.4 is 15.5 Å². The number of carbonyl (C=O) groups excluding carboxylic acids is 2. The number of nitrogens with one attached hydrogen (secondary N) is 2. The first kappa shape index (κ1) is 22.9. The highest BCUT2D eigenvalue weighted by molar-refractivity contribution is 5.94. The van der Waals surface area contributed by atoms with Gasteiger partial charge in [0.2, 0.25) is 5.91 Å². The van der Waals surface area contributed by atoms with Crippen LogP contribution in [-0.2, 0) is 18.4 Å². The second-order valence-corrected chi connectivity index (χ2v) is 7.91. The third kappa shape index (κ3) is 5.21. The van der Waals surface area contributed by atoms with Crippen LogP contribution in [0.1, 0.15) is 39.9 Å². The van der Waals surface area contributed by atoms with E-state index in [4.69, 9.17) is 9.94 Å². The Bertz CT molecular complexity index is 1320. The van der Waals surface area contributed by atoms with Gasteiger partial charge in [0.25, 0.3) is 5.91 Å². The molecule has 3 N–H and O–H groups in total. The molecule has 4 rings (SSSR count). The molecule has 9 nitrogen and oxygen atoms in total. The number of carbonyl (C=O) groups is 2. The van der Waals surface area contributed by atoms with Crippen molar-refractivity contribution in [3.05, 3.63) is 89.6 Å². The van der Waals surface area contributed by atoms with Crippen molar-refractivity contribution >= 4 is 22.7 Å². The maximum absolute atomic E-state index is 12.8. The summed E-state index contributed by atoms with van der Waals surface area (Å²) in [6.07, 6.45) is 3.13. The minimum absolute atomic E-state index is 0.159. The fourth-order valence-electron chi connectivity index (χ4n) is 3.77. The highest BCUT2D eigenvalue weighted by atomic mass is 16.5. The minimum Gasteiger partial charge on any atom is -0.489 e. The molecule has 34 heavy (non-hydrogen) atoms. The Hall–Kier alpha value is -4.24. The fraction of sp³-hybridized carbons (Fsp3) is 0.200. The molecule has 2 heterocycles. The molecular formula is C25H25N5O4. The van der Waals surface area contributed by atoms with Crippen LogP contribution in [0.2, 0.25) is 0 Å². The average Bonchev–Trinajstić information content (AvgIpc) is 3.27. The van der Waals surface area contributed by atoms with Crippen molar-refractivity contribution in [3.8, 4) is 5.75 Å². The van der Waals surface area contributed by atoms with E-state index in [0.29, 0.717) is 23.7 Å². The Labute approximate surface area is 196 Å². The van der Waals surface area contributed by atoms with E-state index in [1.807, 2.05) is 37.3 Å². The molecule has 9 heteroatoms. The van der Waals surface area contributed by atoms with Crippen molar-refractivity contribution in [2.24, 2.45) is 7.05 Å².